The van der Waals surface area contributed by atoms with Gasteiger partial charge >= 0.3 is 5.97 Å². The summed E-state index contributed by atoms with van der Waals surface area (Å²) >= 11 is 6.15. The summed E-state index contributed by atoms with van der Waals surface area (Å²) < 4.78 is 15.6. The van der Waals surface area contributed by atoms with Gasteiger partial charge in [0.05, 0.1) is 19.2 Å². The smallest absolute Gasteiger partial charge is 0.331 e. The number of rotatable bonds is 7. The molecule has 0 aliphatic carbocycles. The molecule has 0 spiro atoms. The molecule has 0 saturated heterocycles. The third-order valence-electron chi connectivity index (χ3n) is 4.18. The Hall–Kier alpha value is -2.99. The maximum absolute atomic E-state index is 12.3. The van der Waals surface area contributed by atoms with Gasteiger partial charge in [-0.1, -0.05) is 23.7 Å². The highest BCUT2D eigenvalue weighted by Crippen LogP contribution is 2.36. The second-order valence-corrected chi connectivity index (χ2v) is 6.87. The van der Waals surface area contributed by atoms with Crippen molar-refractivity contribution in [3.63, 3.8) is 0 Å². The van der Waals surface area contributed by atoms with Crippen molar-refractivity contribution in [1.82, 2.24) is 0 Å². The van der Waals surface area contributed by atoms with Gasteiger partial charge < -0.3 is 19.5 Å². The van der Waals surface area contributed by atoms with E-state index in [4.69, 9.17) is 25.8 Å². The predicted molar refractivity (Wildman–Crippen MR) is 114 cm³/mol. The molecule has 1 N–H and O–H groups in total. The zero-order chi connectivity index (χ0) is 21.6. The minimum absolute atomic E-state index is 0.348. The number of ether oxygens (including phenoxy) is 3. The molecule has 2 rings (SSSR count). The average Bonchev–Trinajstić information content (AvgIpc) is 2.68. The van der Waals surface area contributed by atoms with E-state index < -0.39 is 18.0 Å². The molecule has 2 aromatic rings. The number of hydrogen-bond acceptors (Lipinski definition) is 5. The minimum atomic E-state index is -0.957. The SMILES string of the molecule is COc1cc(/C=C/C(=O)O[C@H](C)C(=O)Nc2cc(C)ccc2C)cc(Cl)c1OC. The molecular weight excluding hydrogens is 394 g/mol. The van der Waals surface area contributed by atoms with Gasteiger partial charge in [-0.05, 0) is 61.7 Å². The van der Waals surface area contributed by atoms with Crippen molar-refractivity contribution in [3.05, 3.63) is 58.1 Å². The summed E-state index contributed by atoms with van der Waals surface area (Å²) in [6.45, 7) is 5.34. The average molecular weight is 418 g/mol. The maximum atomic E-state index is 12.3. The maximum Gasteiger partial charge on any atom is 0.331 e. The molecule has 1 amide bonds. The number of aryl methyl sites for hydroxylation is 2. The van der Waals surface area contributed by atoms with Gasteiger partial charge in [0.25, 0.3) is 5.91 Å². The van der Waals surface area contributed by atoms with Crippen LogP contribution in [0.2, 0.25) is 5.02 Å². The lowest BCUT2D eigenvalue weighted by molar-refractivity contribution is -0.148. The first-order valence-corrected chi connectivity index (χ1v) is 9.31. The number of esters is 1. The van der Waals surface area contributed by atoms with Crippen molar-refractivity contribution in [2.24, 2.45) is 0 Å². The lowest BCUT2D eigenvalue weighted by Crippen LogP contribution is -2.29. The number of carbonyl (C=O) groups is 2. The van der Waals surface area contributed by atoms with Crippen LogP contribution in [0.25, 0.3) is 6.08 Å². The molecule has 0 heterocycles. The molecule has 29 heavy (non-hydrogen) atoms. The Bertz CT molecular complexity index is 939. The zero-order valence-corrected chi connectivity index (χ0v) is 17.8. The second-order valence-electron chi connectivity index (χ2n) is 6.46. The Morgan fingerprint density at radius 3 is 2.48 bits per heavy atom. The topological polar surface area (TPSA) is 73.9 Å². The molecule has 0 bridgehead atoms. The molecule has 0 aliphatic heterocycles. The normalized spacial score (nSPS) is 11.8. The standard InChI is InChI=1S/C22H24ClNO5/c1-13-6-7-14(2)18(10-13)24-22(26)15(3)29-20(25)9-8-16-11-17(23)21(28-5)19(12-16)27-4/h6-12,15H,1-5H3,(H,24,26)/b9-8+/t15-/m1/s1. The van der Waals surface area contributed by atoms with Gasteiger partial charge in [0.15, 0.2) is 17.6 Å². The molecule has 0 unspecified atom stereocenters. The predicted octanol–water partition coefficient (Wildman–Crippen LogP) is 4.56. The highest BCUT2D eigenvalue weighted by atomic mass is 35.5. The molecule has 1 atom stereocenters. The molecule has 154 valence electrons. The molecule has 0 aromatic heterocycles. The fourth-order valence-corrected chi connectivity index (χ4v) is 2.87. The van der Waals surface area contributed by atoms with E-state index in [9.17, 15) is 9.59 Å². The fraction of sp³-hybridized carbons (Fsp3) is 0.273. The van der Waals surface area contributed by atoms with Crippen molar-refractivity contribution in [2.75, 3.05) is 19.5 Å². The number of benzene rings is 2. The zero-order valence-electron chi connectivity index (χ0n) is 17.0. The van der Waals surface area contributed by atoms with Gasteiger partial charge in [-0.3, -0.25) is 4.79 Å². The van der Waals surface area contributed by atoms with Gasteiger partial charge in [-0.25, -0.2) is 4.79 Å². The molecule has 6 nitrogen and oxygen atoms in total. The van der Waals surface area contributed by atoms with Gasteiger partial charge in [0.1, 0.15) is 0 Å². The van der Waals surface area contributed by atoms with E-state index in [1.807, 2.05) is 32.0 Å². The van der Waals surface area contributed by atoms with Crippen LogP contribution >= 0.6 is 11.6 Å². The summed E-state index contributed by atoms with van der Waals surface area (Å²) in [5, 5.41) is 3.13. The summed E-state index contributed by atoms with van der Waals surface area (Å²) in [6, 6.07) is 9.04. The molecule has 0 radical (unpaired) electrons. The van der Waals surface area contributed by atoms with E-state index in [-0.39, 0.29) is 0 Å². The molecule has 7 heteroatoms. The largest absolute Gasteiger partial charge is 0.493 e. The third kappa shape index (κ3) is 5.99. The van der Waals surface area contributed by atoms with Crippen LogP contribution in [0.4, 0.5) is 5.69 Å². The number of halogens is 1. The highest BCUT2D eigenvalue weighted by Gasteiger charge is 2.17. The Balaban J connectivity index is 2.01. The lowest BCUT2D eigenvalue weighted by atomic mass is 10.1. The van der Waals surface area contributed by atoms with E-state index in [1.54, 1.807) is 12.1 Å². The molecule has 0 aliphatic rings. The van der Waals surface area contributed by atoms with Gasteiger partial charge in [0, 0.05) is 11.8 Å². The summed E-state index contributed by atoms with van der Waals surface area (Å²) in [6.07, 6.45) is 1.78. The van der Waals surface area contributed by atoms with E-state index in [2.05, 4.69) is 5.32 Å². The van der Waals surface area contributed by atoms with Crippen LogP contribution < -0.4 is 14.8 Å². The van der Waals surface area contributed by atoms with Crippen LogP contribution in [-0.4, -0.2) is 32.2 Å². The third-order valence-corrected chi connectivity index (χ3v) is 4.46. The quantitative estimate of drug-likeness (QED) is 0.528. The number of carbonyl (C=O) groups excluding carboxylic acids is 2. The Kier molecular flexibility index (Phi) is 7.67. The second kappa shape index (κ2) is 9.98. The van der Waals surface area contributed by atoms with Crippen LogP contribution in [0, 0.1) is 13.8 Å². The Morgan fingerprint density at radius 1 is 1.10 bits per heavy atom. The highest BCUT2D eigenvalue weighted by molar-refractivity contribution is 6.32. The monoisotopic (exact) mass is 417 g/mol. The van der Waals surface area contributed by atoms with E-state index >= 15 is 0 Å². The van der Waals surface area contributed by atoms with Gasteiger partial charge in [0.2, 0.25) is 0 Å². The Labute approximate surface area is 175 Å². The molecule has 0 saturated carbocycles. The van der Waals surface area contributed by atoms with Crippen molar-refractivity contribution in [3.8, 4) is 11.5 Å². The Morgan fingerprint density at radius 2 is 1.83 bits per heavy atom. The van der Waals surface area contributed by atoms with Crippen LogP contribution in [0.15, 0.2) is 36.4 Å². The molecule has 2 aromatic carbocycles. The van der Waals surface area contributed by atoms with Gasteiger partial charge in [-0.15, -0.1) is 0 Å². The van der Waals surface area contributed by atoms with Crippen molar-refractivity contribution < 1.29 is 23.8 Å². The number of hydrogen-bond donors (Lipinski definition) is 1. The van der Waals surface area contributed by atoms with Crippen LogP contribution in [-0.2, 0) is 14.3 Å². The van der Waals surface area contributed by atoms with E-state index in [0.717, 1.165) is 11.1 Å². The molecule has 0 fully saturated rings. The summed E-state index contributed by atoms with van der Waals surface area (Å²) in [7, 11) is 2.98. The van der Waals surface area contributed by atoms with Crippen molar-refractivity contribution in [1.29, 1.82) is 0 Å². The number of methoxy groups -OCH3 is 2. The van der Waals surface area contributed by atoms with Crippen LogP contribution in [0.3, 0.4) is 0 Å². The first-order valence-electron chi connectivity index (χ1n) is 8.93. The number of anilines is 1. The van der Waals surface area contributed by atoms with Crippen molar-refractivity contribution >= 4 is 35.2 Å². The van der Waals surface area contributed by atoms with Gasteiger partial charge in [-0.2, -0.15) is 0 Å². The minimum Gasteiger partial charge on any atom is -0.493 e. The first-order chi connectivity index (χ1) is 13.7. The van der Waals surface area contributed by atoms with E-state index in [1.165, 1.54) is 33.3 Å². The van der Waals surface area contributed by atoms with Crippen LogP contribution in [0.1, 0.15) is 23.6 Å². The summed E-state index contributed by atoms with van der Waals surface area (Å²) in [5.74, 6) is -0.214. The number of amides is 1. The fourth-order valence-electron chi connectivity index (χ4n) is 2.57. The first kappa shape index (κ1) is 22.3. The van der Waals surface area contributed by atoms with E-state index in [0.29, 0.717) is 27.8 Å². The summed E-state index contributed by atoms with van der Waals surface area (Å²) in [4.78, 5) is 24.4. The number of nitrogens with one attached hydrogen (secondary N) is 1. The van der Waals surface area contributed by atoms with Crippen molar-refractivity contribution in [2.45, 2.75) is 26.9 Å². The molecular formula is C22H24ClNO5. The lowest BCUT2D eigenvalue weighted by Gasteiger charge is -2.14. The van der Waals surface area contributed by atoms with Crippen LogP contribution in [0.5, 0.6) is 11.5 Å². The summed E-state index contributed by atoms with van der Waals surface area (Å²) in [5.41, 5.74) is 3.25.